The van der Waals surface area contributed by atoms with E-state index in [4.69, 9.17) is 12.2 Å². The molecule has 0 amide bonds. The Morgan fingerprint density at radius 1 is 1.00 bits per heavy atom. The van der Waals surface area contributed by atoms with Crippen molar-refractivity contribution in [3.8, 4) is 11.6 Å². The molecule has 0 radical (unpaired) electrons. The number of anilines is 1. The lowest BCUT2D eigenvalue weighted by Crippen LogP contribution is -2.32. The molecule has 4 aromatic rings. The van der Waals surface area contributed by atoms with Crippen LogP contribution in [0.5, 0.6) is 5.88 Å². The number of para-hydroxylation sites is 1. The van der Waals surface area contributed by atoms with E-state index in [9.17, 15) is 14.7 Å². The molecule has 0 saturated carbocycles. The zero-order valence-electron chi connectivity index (χ0n) is 16.1. The largest absolute Gasteiger partial charge is 0.493 e. The lowest BCUT2D eigenvalue weighted by Gasteiger charge is -2.12. The van der Waals surface area contributed by atoms with E-state index in [2.05, 4.69) is 20.8 Å². The van der Waals surface area contributed by atoms with Crippen LogP contribution in [0.25, 0.3) is 16.5 Å². The number of H-pyrrole nitrogens is 1. The van der Waals surface area contributed by atoms with Crippen LogP contribution in [0, 0.1) is 0 Å². The van der Waals surface area contributed by atoms with Crippen LogP contribution >= 0.6 is 12.2 Å². The molecule has 0 aliphatic heterocycles. The summed E-state index contributed by atoms with van der Waals surface area (Å²) in [5.41, 5.74) is 2.05. The monoisotopic (exact) mass is 431 g/mol. The van der Waals surface area contributed by atoms with E-state index in [-0.39, 0.29) is 10.7 Å². The van der Waals surface area contributed by atoms with Gasteiger partial charge in [0.05, 0.1) is 11.9 Å². The van der Waals surface area contributed by atoms with Crippen LogP contribution in [0.2, 0.25) is 0 Å². The molecule has 154 valence electrons. The zero-order chi connectivity index (χ0) is 21.8. The SMILES string of the molecule is O=c1[nH]c(=O)n(-c2cccc3ccccc23)c(O)c1C=NNC(=S)Nc1ccccc1. The first-order chi connectivity index (χ1) is 15.0. The summed E-state index contributed by atoms with van der Waals surface area (Å²) in [5.74, 6) is -0.530. The molecule has 0 bridgehead atoms. The standard InChI is InChI=1S/C22H17N5O3S/c28-19-17(13-23-26-21(31)24-15-9-2-1-3-10-15)20(29)27(22(30)25-19)18-12-6-8-14-7-4-5-11-16(14)18/h1-13,29H,(H2,24,26,31)(H,25,28,30). The van der Waals surface area contributed by atoms with Gasteiger partial charge in [-0.3, -0.25) is 15.2 Å². The number of nitrogens with zero attached hydrogens (tertiary/aromatic N) is 2. The highest BCUT2D eigenvalue weighted by molar-refractivity contribution is 7.80. The van der Waals surface area contributed by atoms with Gasteiger partial charge in [-0.25, -0.2) is 9.36 Å². The maximum atomic E-state index is 12.5. The number of aromatic nitrogens is 2. The highest BCUT2D eigenvalue weighted by Crippen LogP contribution is 2.24. The molecular formula is C22H17N5O3S. The summed E-state index contributed by atoms with van der Waals surface area (Å²) in [6.45, 7) is 0. The second-order valence-corrected chi connectivity index (χ2v) is 6.93. The van der Waals surface area contributed by atoms with Crippen molar-refractivity contribution < 1.29 is 5.11 Å². The highest BCUT2D eigenvalue weighted by atomic mass is 32.1. The van der Waals surface area contributed by atoms with Crippen molar-refractivity contribution in [2.24, 2.45) is 5.10 Å². The van der Waals surface area contributed by atoms with Crippen molar-refractivity contribution in [3.63, 3.8) is 0 Å². The number of fused-ring (bicyclic) bond motifs is 1. The summed E-state index contributed by atoms with van der Waals surface area (Å²) in [4.78, 5) is 27.0. The van der Waals surface area contributed by atoms with Crippen molar-refractivity contribution in [1.82, 2.24) is 15.0 Å². The number of hydrogen-bond acceptors (Lipinski definition) is 5. The van der Waals surface area contributed by atoms with Crippen molar-refractivity contribution in [2.75, 3.05) is 5.32 Å². The Morgan fingerprint density at radius 3 is 2.52 bits per heavy atom. The van der Waals surface area contributed by atoms with Gasteiger partial charge < -0.3 is 10.4 Å². The highest BCUT2D eigenvalue weighted by Gasteiger charge is 2.16. The molecule has 0 spiro atoms. The summed E-state index contributed by atoms with van der Waals surface area (Å²) in [6, 6.07) is 22.0. The number of hydrogen-bond donors (Lipinski definition) is 4. The van der Waals surface area contributed by atoms with Crippen LogP contribution in [-0.4, -0.2) is 26.0 Å². The summed E-state index contributed by atoms with van der Waals surface area (Å²) in [7, 11) is 0. The molecule has 4 N–H and O–H groups in total. The molecule has 1 heterocycles. The lowest BCUT2D eigenvalue weighted by molar-refractivity contribution is 0.430. The first kappa shape index (κ1) is 20.0. The smallest absolute Gasteiger partial charge is 0.335 e. The lowest BCUT2D eigenvalue weighted by atomic mass is 10.1. The number of nitrogens with one attached hydrogen (secondary N) is 3. The first-order valence-corrected chi connectivity index (χ1v) is 9.67. The number of aromatic hydroxyl groups is 1. The maximum Gasteiger partial charge on any atom is 0.335 e. The van der Waals surface area contributed by atoms with Gasteiger partial charge in [-0.05, 0) is 35.8 Å². The normalized spacial score (nSPS) is 11.0. The quantitative estimate of drug-likeness (QED) is 0.225. The first-order valence-electron chi connectivity index (χ1n) is 9.26. The number of rotatable bonds is 4. The van der Waals surface area contributed by atoms with Crippen LogP contribution in [0.4, 0.5) is 5.69 Å². The minimum absolute atomic E-state index is 0.192. The van der Waals surface area contributed by atoms with Gasteiger partial charge in [0.25, 0.3) is 5.56 Å². The predicted molar refractivity (Wildman–Crippen MR) is 125 cm³/mol. The van der Waals surface area contributed by atoms with Gasteiger partial charge >= 0.3 is 5.69 Å². The Balaban J connectivity index is 1.67. The van der Waals surface area contributed by atoms with Crippen molar-refractivity contribution in [1.29, 1.82) is 0 Å². The molecule has 9 heteroatoms. The molecule has 0 aliphatic carbocycles. The molecule has 1 aromatic heterocycles. The van der Waals surface area contributed by atoms with Crippen LogP contribution in [0.15, 0.2) is 87.5 Å². The number of benzene rings is 3. The minimum atomic E-state index is -0.772. The van der Waals surface area contributed by atoms with Crippen molar-refractivity contribution >= 4 is 40.0 Å². The van der Waals surface area contributed by atoms with E-state index in [1.807, 2.05) is 60.7 Å². The molecule has 31 heavy (non-hydrogen) atoms. The van der Waals surface area contributed by atoms with Crippen LogP contribution in [-0.2, 0) is 0 Å². The molecule has 0 fully saturated rings. The summed E-state index contributed by atoms with van der Waals surface area (Å²) in [5, 5.41) is 19.4. The molecule has 4 rings (SSSR count). The second-order valence-electron chi connectivity index (χ2n) is 6.52. The van der Waals surface area contributed by atoms with Crippen LogP contribution in [0.1, 0.15) is 5.56 Å². The van der Waals surface area contributed by atoms with E-state index in [0.29, 0.717) is 5.69 Å². The fourth-order valence-corrected chi connectivity index (χ4v) is 3.29. The Labute approximate surface area is 181 Å². The summed E-state index contributed by atoms with van der Waals surface area (Å²) < 4.78 is 1.03. The van der Waals surface area contributed by atoms with Gasteiger partial charge in [0.2, 0.25) is 5.88 Å². The van der Waals surface area contributed by atoms with Crippen LogP contribution in [0.3, 0.4) is 0 Å². The summed E-state index contributed by atoms with van der Waals surface area (Å²) >= 11 is 5.15. The van der Waals surface area contributed by atoms with Gasteiger partial charge in [-0.2, -0.15) is 5.10 Å². The fraction of sp³-hybridized carbons (Fsp3) is 0. The molecule has 0 saturated heterocycles. The van der Waals surface area contributed by atoms with Gasteiger partial charge in [-0.15, -0.1) is 0 Å². The van der Waals surface area contributed by atoms with Gasteiger partial charge in [0, 0.05) is 11.1 Å². The van der Waals surface area contributed by atoms with E-state index in [0.717, 1.165) is 27.2 Å². The van der Waals surface area contributed by atoms with Gasteiger partial charge in [0.1, 0.15) is 5.56 Å². The Kier molecular flexibility index (Phi) is 5.59. The number of aromatic amines is 1. The number of hydrazone groups is 1. The maximum absolute atomic E-state index is 12.5. The fourth-order valence-electron chi connectivity index (χ4n) is 3.12. The van der Waals surface area contributed by atoms with E-state index < -0.39 is 17.1 Å². The van der Waals surface area contributed by atoms with E-state index in [1.165, 1.54) is 0 Å². The average Bonchev–Trinajstić information content (AvgIpc) is 2.77. The Hall–Kier alpha value is -4.24. The topological polar surface area (TPSA) is 112 Å². The second kappa shape index (κ2) is 8.64. The van der Waals surface area contributed by atoms with Gasteiger partial charge in [0.15, 0.2) is 5.11 Å². The van der Waals surface area contributed by atoms with Crippen molar-refractivity contribution in [2.45, 2.75) is 0 Å². The molecule has 0 aliphatic rings. The molecule has 3 aromatic carbocycles. The van der Waals surface area contributed by atoms with Crippen molar-refractivity contribution in [3.05, 3.63) is 99.2 Å². The third-order valence-corrected chi connectivity index (χ3v) is 4.71. The van der Waals surface area contributed by atoms with Gasteiger partial charge in [-0.1, -0.05) is 54.6 Å². The molecule has 0 atom stereocenters. The zero-order valence-corrected chi connectivity index (χ0v) is 16.9. The Morgan fingerprint density at radius 2 is 1.71 bits per heavy atom. The Bertz CT molecular complexity index is 1410. The minimum Gasteiger partial charge on any atom is -0.493 e. The molecule has 8 nitrogen and oxygen atoms in total. The van der Waals surface area contributed by atoms with E-state index in [1.54, 1.807) is 12.1 Å². The van der Waals surface area contributed by atoms with Crippen LogP contribution < -0.4 is 22.0 Å². The summed E-state index contributed by atoms with van der Waals surface area (Å²) in [6.07, 6.45) is 1.11. The predicted octanol–water partition coefficient (Wildman–Crippen LogP) is 2.71. The molecule has 0 unspecified atom stereocenters. The third-order valence-electron chi connectivity index (χ3n) is 4.52. The third kappa shape index (κ3) is 4.21. The van der Waals surface area contributed by atoms with E-state index >= 15 is 0 Å². The molecular weight excluding hydrogens is 414 g/mol. The number of thiocarbonyl (C=S) groups is 1. The average molecular weight is 431 g/mol.